The van der Waals surface area contributed by atoms with Crippen LogP contribution in [0.15, 0.2) is 30.6 Å². The van der Waals surface area contributed by atoms with Crippen LogP contribution < -0.4 is 0 Å². The second-order valence-corrected chi connectivity index (χ2v) is 4.77. The van der Waals surface area contributed by atoms with E-state index in [0.29, 0.717) is 0 Å². The Morgan fingerprint density at radius 3 is 3.00 bits per heavy atom. The Balaban J connectivity index is 2.18. The number of benzene rings is 1. The van der Waals surface area contributed by atoms with Crippen LogP contribution in [0.5, 0.6) is 0 Å². The van der Waals surface area contributed by atoms with E-state index in [4.69, 9.17) is 0 Å². The van der Waals surface area contributed by atoms with Crippen LogP contribution in [0.3, 0.4) is 0 Å². The lowest BCUT2D eigenvalue weighted by atomic mass is 10.1. The van der Waals surface area contributed by atoms with Crippen LogP contribution in [-0.2, 0) is 5.33 Å². The number of hydrogen-bond donors (Lipinski definition) is 0. The molecule has 1 aromatic carbocycles. The van der Waals surface area contributed by atoms with Gasteiger partial charge < -0.3 is 0 Å². The van der Waals surface area contributed by atoms with Crippen molar-refractivity contribution >= 4 is 32.2 Å². The lowest BCUT2D eigenvalue weighted by molar-refractivity contribution is 0.959. The van der Waals surface area contributed by atoms with Crippen molar-refractivity contribution in [2.24, 2.45) is 0 Å². The van der Waals surface area contributed by atoms with Gasteiger partial charge in [0.1, 0.15) is 11.3 Å². The van der Waals surface area contributed by atoms with Gasteiger partial charge >= 0.3 is 0 Å². The number of rotatable bonds is 2. The Morgan fingerprint density at radius 1 is 1.31 bits per heavy atom. The van der Waals surface area contributed by atoms with Crippen molar-refractivity contribution in [2.75, 3.05) is 0 Å². The molecule has 2 heterocycles. The zero-order valence-electron chi connectivity index (χ0n) is 8.17. The van der Waals surface area contributed by atoms with E-state index in [0.717, 1.165) is 20.9 Å². The van der Waals surface area contributed by atoms with E-state index >= 15 is 0 Å². The molecule has 0 atom stereocenters. The van der Waals surface area contributed by atoms with Gasteiger partial charge in [0.05, 0.1) is 0 Å². The molecule has 0 saturated heterocycles. The molecule has 6 heteroatoms. The zero-order valence-corrected chi connectivity index (χ0v) is 10.6. The minimum absolute atomic E-state index is 0.819. The summed E-state index contributed by atoms with van der Waals surface area (Å²) in [4.78, 5) is 0.819. The molecule has 16 heavy (non-hydrogen) atoms. The van der Waals surface area contributed by atoms with Crippen molar-refractivity contribution in [1.82, 2.24) is 19.8 Å². The van der Waals surface area contributed by atoms with Crippen LogP contribution in [0.25, 0.3) is 15.5 Å². The molecule has 0 aliphatic rings. The summed E-state index contributed by atoms with van der Waals surface area (Å²) in [6.45, 7) is 0. The zero-order chi connectivity index (χ0) is 11.0. The second kappa shape index (κ2) is 3.95. The lowest BCUT2D eigenvalue weighted by Crippen LogP contribution is -1.86. The molecule has 0 unspecified atom stereocenters. The van der Waals surface area contributed by atoms with Gasteiger partial charge in [0.15, 0.2) is 0 Å². The average molecular weight is 295 g/mol. The summed E-state index contributed by atoms with van der Waals surface area (Å²) in [6.07, 6.45) is 1.62. The first-order valence-corrected chi connectivity index (χ1v) is 6.63. The molecule has 2 aromatic heterocycles. The predicted molar refractivity (Wildman–Crippen MR) is 66.7 cm³/mol. The number of aromatic nitrogens is 4. The van der Waals surface area contributed by atoms with E-state index in [2.05, 4.69) is 43.4 Å². The normalized spacial score (nSPS) is 11.1. The van der Waals surface area contributed by atoms with E-state index in [9.17, 15) is 0 Å². The van der Waals surface area contributed by atoms with E-state index in [1.165, 1.54) is 5.56 Å². The van der Waals surface area contributed by atoms with Crippen LogP contribution in [0.4, 0.5) is 0 Å². The van der Waals surface area contributed by atoms with Gasteiger partial charge in [-0.3, -0.25) is 0 Å². The molecule has 0 bridgehead atoms. The number of alkyl halides is 1. The molecule has 0 radical (unpaired) electrons. The molecule has 0 amide bonds. The Hall–Kier alpha value is -1.27. The Morgan fingerprint density at radius 2 is 2.19 bits per heavy atom. The van der Waals surface area contributed by atoms with Crippen molar-refractivity contribution in [3.8, 4) is 10.6 Å². The SMILES string of the molecule is BrCc1ccccc1-c1nn2cnnc2s1. The van der Waals surface area contributed by atoms with E-state index in [1.807, 2.05) is 12.1 Å². The maximum Gasteiger partial charge on any atom is 0.234 e. The molecular formula is C10H7BrN4S. The molecule has 0 N–H and O–H groups in total. The summed E-state index contributed by atoms with van der Waals surface area (Å²) in [5.74, 6) is 0. The molecule has 0 fully saturated rings. The maximum atomic E-state index is 4.44. The highest BCUT2D eigenvalue weighted by atomic mass is 79.9. The average Bonchev–Trinajstić information content (AvgIpc) is 2.89. The third-order valence-corrected chi connectivity index (χ3v) is 3.83. The van der Waals surface area contributed by atoms with Gasteiger partial charge in [-0.05, 0) is 5.56 Å². The first-order valence-electron chi connectivity index (χ1n) is 4.69. The molecule has 0 spiro atoms. The first-order chi connectivity index (χ1) is 7.88. The van der Waals surface area contributed by atoms with Crippen LogP contribution in [-0.4, -0.2) is 19.8 Å². The minimum atomic E-state index is 0.819. The molecule has 3 aromatic rings. The topological polar surface area (TPSA) is 43.1 Å². The molecule has 0 aliphatic heterocycles. The van der Waals surface area contributed by atoms with Crippen molar-refractivity contribution in [3.63, 3.8) is 0 Å². The summed E-state index contributed by atoms with van der Waals surface area (Å²) in [6, 6.07) is 8.21. The highest BCUT2D eigenvalue weighted by Crippen LogP contribution is 2.28. The second-order valence-electron chi connectivity index (χ2n) is 3.26. The summed E-state index contributed by atoms with van der Waals surface area (Å²) >= 11 is 5.03. The van der Waals surface area contributed by atoms with Gasteiger partial charge in [0, 0.05) is 10.9 Å². The van der Waals surface area contributed by atoms with Crippen LogP contribution in [0.2, 0.25) is 0 Å². The van der Waals surface area contributed by atoms with E-state index < -0.39 is 0 Å². The highest BCUT2D eigenvalue weighted by molar-refractivity contribution is 9.08. The van der Waals surface area contributed by atoms with Crippen molar-refractivity contribution in [2.45, 2.75) is 5.33 Å². The third-order valence-electron chi connectivity index (χ3n) is 2.28. The molecule has 3 rings (SSSR count). The number of halogens is 1. The predicted octanol–water partition coefficient (Wildman–Crippen LogP) is 2.75. The van der Waals surface area contributed by atoms with Gasteiger partial charge in [0.2, 0.25) is 4.96 Å². The number of nitrogens with zero attached hydrogens (tertiary/aromatic N) is 4. The number of fused-ring (bicyclic) bond motifs is 1. The van der Waals surface area contributed by atoms with Crippen molar-refractivity contribution in [1.29, 1.82) is 0 Å². The third kappa shape index (κ3) is 1.54. The summed E-state index contributed by atoms with van der Waals surface area (Å²) in [7, 11) is 0. The largest absolute Gasteiger partial charge is 0.234 e. The van der Waals surface area contributed by atoms with Gasteiger partial charge in [-0.1, -0.05) is 51.5 Å². The fraction of sp³-hybridized carbons (Fsp3) is 0.100. The Kier molecular flexibility index (Phi) is 2.45. The Labute approximate surface area is 104 Å². The monoisotopic (exact) mass is 294 g/mol. The molecule has 0 saturated carbocycles. The quantitative estimate of drug-likeness (QED) is 0.683. The van der Waals surface area contributed by atoms with Gasteiger partial charge in [-0.25, -0.2) is 0 Å². The first kappa shape index (κ1) is 9.92. The summed E-state index contributed by atoms with van der Waals surface area (Å²) < 4.78 is 1.70. The highest BCUT2D eigenvalue weighted by Gasteiger charge is 2.10. The fourth-order valence-corrected chi connectivity index (χ4v) is 2.88. The van der Waals surface area contributed by atoms with Gasteiger partial charge in [0.25, 0.3) is 0 Å². The standard InChI is InChI=1S/C10H7BrN4S/c11-5-7-3-1-2-4-8(7)9-14-15-6-12-13-10(15)16-9/h1-4,6H,5H2. The minimum Gasteiger partial charge on any atom is -0.190 e. The smallest absolute Gasteiger partial charge is 0.190 e. The lowest BCUT2D eigenvalue weighted by Gasteiger charge is -2.01. The van der Waals surface area contributed by atoms with Crippen LogP contribution in [0, 0.1) is 0 Å². The summed E-state index contributed by atoms with van der Waals surface area (Å²) in [5, 5.41) is 14.0. The van der Waals surface area contributed by atoms with E-state index in [1.54, 1.807) is 22.2 Å². The molecular weight excluding hydrogens is 288 g/mol. The molecule has 4 nitrogen and oxygen atoms in total. The fourth-order valence-electron chi connectivity index (χ4n) is 1.51. The molecule has 80 valence electrons. The van der Waals surface area contributed by atoms with Gasteiger partial charge in [-0.2, -0.15) is 9.61 Å². The number of hydrogen-bond acceptors (Lipinski definition) is 4. The van der Waals surface area contributed by atoms with Crippen molar-refractivity contribution in [3.05, 3.63) is 36.2 Å². The summed E-state index contributed by atoms with van der Waals surface area (Å²) in [5.41, 5.74) is 2.38. The van der Waals surface area contributed by atoms with Crippen LogP contribution >= 0.6 is 27.3 Å². The van der Waals surface area contributed by atoms with Crippen LogP contribution in [0.1, 0.15) is 5.56 Å². The maximum absolute atomic E-state index is 4.44. The van der Waals surface area contributed by atoms with E-state index in [-0.39, 0.29) is 0 Å². The van der Waals surface area contributed by atoms with Crippen molar-refractivity contribution < 1.29 is 0 Å². The van der Waals surface area contributed by atoms with Gasteiger partial charge in [-0.15, -0.1) is 10.2 Å². The Bertz CT molecular complexity index is 602. The molecule has 0 aliphatic carbocycles.